The van der Waals surface area contributed by atoms with Gasteiger partial charge in [-0.15, -0.1) is 0 Å². The Balaban J connectivity index is 2.21. The first-order chi connectivity index (χ1) is 11.9. The molecule has 0 fully saturated rings. The van der Waals surface area contributed by atoms with Crippen LogP contribution >= 0.6 is 15.9 Å². The molecule has 142 valence electrons. The van der Waals surface area contributed by atoms with Crippen molar-refractivity contribution in [3.63, 3.8) is 0 Å². The number of benzene rings is 1. The van der Waals surface area contributed by atoms with Crippen LogP contribution in [0.25, 0.3) is 0 Å². The maximum absolute atomic E-state index is 13.2. The summed E-state index contributed by atoms with van der Waals surface area (Å²) in [6.45, 7) is -1.73. The molecule has 0 bridgehead atoms. The van der Waals surface area contributed by atoms with Crippen LogP contribution in [0.5, 0.6) is 0 Å². The molecule has 2 N–H and O–H groups in total. The van der Waals surface area contributed by atoms with Gasteiger partial charge in [-0.1, -0.05) is 0 Å². The second-order valence-corrected chi connectivity index (χ2v) is 7.82. The third-order valence-corrected chi connectivity index (χ3v) is 5.14. The highest BCUT2D eigenvalue weighted by Gasteiger charge is 2.31. The number of aryl methyl sites for hydroxylation is 1. The maximum atomic E-state index is 13.2. The van der Waals surface area contributed by atoms with Gasteiger partial charge in [-0.3, -0.25) is 4.79 Å². The lowest BCUT2D eigenvalue weighted by molar-refractivity contribution is -0.121. The predicted octanol–water partition coefficient (Wildman–Crippen LogP) is 3.02. The molecule has 2 rings (SSSR count). The van der Waals surface area contributed by atoms with Crippen molar-refractivity contribution >= 4 is 37.5 Å². The summed E-state index contributed by atoms with van der Waals surface area (Å²) in [6, 6.07) is 4.65. The number of nitrogens with zero attached hydrogens (tertiary/aromatic N) is 1. The Morgan fingerprint density at radius 1 is 1.27 bits per heavy atom. The number of anilines is 1. The molecule has 0 unspecified atom stereocenters. The fraction of sp³-hybridized carbons (Fsp3) is 0.214. The molecule has 0 aliphatic rings. The van der Waals surface area contributed by atoms with E-state index in [2.05, 4.69) is 21.2 Å². The number of carbonyl (C=O) groups is 1. The predicted molar refractivity (Wildman–Crippen MR) is 88.7 cm³/mol. The zero-order chi connectivity index (χ0) is 19.7. The van der Waals surface area contributed by atoms with E-state index in [-0.39, 0.29) is 15.9 Å². The molecule has 12 heteroatoms. The largest absolute Gasteiger partial charge is 0.402 e. The van der Waals surface area contributed by atoms with Crippen LogP contribution < -0.4 is 10.0 Å². The number of carbonyl (C=O) groups excluding carboxylic acids is 1. The van der Waals surface area contributed by atoms with Gasteiger partial charge < -0.3 is 9.88 Å². The summed E-state index contributed by atoms with van der Waals surface area (Å²) in [5.41, 5.74) is 0.127. The van der Waals surface area contributed by atoms with Crippen molar-refractivity contribution in [3.05, 3.63) is 46.4 Å². The standard InChI is InChI=1S/C14H12BrF4N3O3S/c1-22-6-9(26(24,25)20-7-14(17,18)19)5-12(22)13(23)21-8-2-3-11(16)10(15)4-8/h2-6,20H,7H2,1H3,(H,21,23). The van der Waals surface area contributed by atoms with Gasteiger partial charge in [0.25, 0.3) is 5.91 Å². The zero-order valence-electron chi connectivity index (χ0n) is 13.1. The van der Waals surface area contributed by atoms with Gasteiger partial charge in [0.2, 0.25) is 10.0 Å². The minimum atomic E-state index is -4.71. The number of amides is 1. The van der Waals surface area contributed by atoms with E-state index < -0.39 is 39.4 Å². The van der Waals surface area contributed by atoms with Crippen LogP contribution in [0.2, 0.25) is 0 Å². The first kappa shape index (κ1) is 20.4. The number of halogens is 5. The summed E-state index contributed by atoms with van der Waals surface area (Å²) < 4.78 is 76.3. The molecule has 6 nitrogen and oxygen atoms in total. The Bertz CT molecular complexity index is 941. The van der Waals surface area contributed by atoms with Crippen molar-refractivity contribution in [3.8, 4) is 0 Å². The van der Waals surface area contributed by atoms with E-state index in [1.807, 2.05) is 0 Å². The average molecular weight is 458 g/mol. The van der Waals surface area contributed by atoms with E-state index in [9.17, 15) is 30.8 Å². The molecule has 0 aliphatic heterocycles. The van der Waals surface area contributed by atoms with Gasteiger partial charge in [-0.25, -0.2) is 17.5 Å². The molecule has 0 spiro atoms. The highest BCUT2D eigenvalue weighted by molar-refractivity contribution is 9.10. The average Bonchev–Trinajstić information content (AvgIpc) is 2.91. The highest BCUT2D eigenvalue weighted by atomic mass is 79.9. The Labute approximate surface area is 154 Å². The monoisotopic (exact) mass is 457 g/mol. The lowest BCUT2D eigenvalue weighted by atomic mass is 10.3. The molecule has 0 saturated carbocycles. The van der Waals surface area contributed by atoms with E-state index in [0.29, 0.717) is 0 Å². The molecule has 26 heavy (non-hydrogen) atoms. The van der Waals surface area contributed by atoms with Gasteiger partial charge >= 0.3 is 6.18 Å². The zero-order valence-corrected chi connectivity index (χ0v) is 15.5. The van der Waals surface area contributed by atoms with Crippen LogP contribution in [0.1, 0.15) is 10.5 Å². The van der Waals surface area contributed by atoms with E-state index >= 15 is 0 Å². The fourth-order valence-corrected chi connectivity index (χ4v) is 3.40. The topological polar surface area (TPSA) is 80.2 Å². The lowest BCUT2D eigenvalue weighted by Crippen LogP contribution is -2.33. The number of alkyl halides is 3. The molecule has 1 amide bonds. The number of hydrogen-bond donors (Lipinski definition) is 2. The van der Waals surface area contributed by atoms with Crippen LogP contribution in [-0.4, -0.2) is 31.6 Å². The molecule has 1 aromatic carbocycles. The van der Waals surface area contributed by atoms with Crippen LogP contribution in [0.3, 0.4) is 0 Å². The van der Waals surface area contributed by atoms with Crippen molar-refractivity contribution in [2.24, 2.45) is 7.05 Å². The fourth-order valence-electron chi connectivity index (χ4n) is 1.94. The molecule has 0 aliphatic carbocycles. The molecule has 1 heterocycles. The summed E-state index contributed by atoms with van der Waals surface area (Å²) in [6.07, 6.45) is -3.70. The summed E-state index contributed by atoms with van der Waals surface area (Å²) >= 11 is 2.96. The normalized spacial score (nSPS) is 12.2. The van der Waals surface area contributed by atoms with Gasteiger partial charge in [0.05, 0.1) is 4.47 Å². The van der Waals surface area contributed by atoms with Crippen LogP contribution in [0.15, 0.2) is 39.8 Å². The Morgan fingerprint density at radius 3 is 2.50 bits per heavy atom. The molecular formula is C14H12BrF4N3O3S. The van der Waals surface area contributed by atoms with E-state index in [1.54, 1.807) is 0 Å². The first-order valence-electron chi connectivity index (χ1n) is 6.88. The second-order valence-electron chi connectivity index (χ2n) is 5.19. The van der Waals surface area contributed by atoms with E-state index in [0.717, 1.165) is 22.9 Å². The van der Waals surface area contributed by atoms with Crippen molar-refractivity contribution in [2.75, 3.05) is 11.9 Å². The van der Waals surface area contributed by atoms with Crippen molar-refractivity contribution < 1.29 is 30.8 Å². The minimum absolute atomic E-state index is 0.113. The van der Waals surface area contributed by atoms with E-state index in [4.69, 9.17) is 0 Å². The molecule has 0 saturated heterocycles. The lowest BCUT2D eigenvalue weighted by Gasteiger charge is -2.07. The number of nitrogens with one attached hydrogen (secondary N) is 2. The molecular weight excluding hydrogens is 446 g/mol. The molecule has 0 radical (unpaired) electrons. The Morgan fingerprint density at radius 2 is 1.92 bits per heavy atom. The molecule has 2 aromatic rings. The second kappa shape index (κ2) is 7.37. The van der Waals surface area contributed by atoms with Crippen LogP contribution in [0, 0.1) is 5.82 Å². The maximum Gasteiger partial charge on any atom is 0.402 e. The van der Waals surface area contributed by atoms with Crippen molar-refractivity contribution in [2.45, 2.75) is 11.1 Å². The summed E-state index contributed by atoms with van der Waals surface area (Å²) in [5.74, 6) is -1.26. The minimum Gasteiger partial charge on any atom is -0.345 e. The SMILES string of the molecule is Cn1cc(S(=O)(=O)NCC(F)(F)F)cc1C(=O)Nc1ccc(F)c(Br)c1. The van der Waals surface area contributed by atoms with Gasteiger partial charge in [0, 0.05) is 18.9 Å². The van der Waals surface area contributed by atoms with Gasteiger partial charge in [0.15, 0.2) is 0 Å². The van der Waals surface area contributed by atoms with Gasteiger partial charge in [-0.05, 0) is 40.2 Å². The molecule has 0 atom stereocenters. The summed E-state index contributed by atoms with van der Waals surface area (Å²) in [7, 11) is -3.08. The number of rotatable bonds is 5. The number of sulfonamides is 1. The van der Waals surface area contributed by atoms with Crippen LogP contribution in [-0.2, 0) is 17.1 Å². The van der Waals surface area contributed by atoms with Gasteiger partial charge in [0.1, 0.15) is 23.0 Å². The third-order valence-electron chi connectivity index (χ3n) is 3.16. The number of aromatic nitrogens is 1. The highest BCUT2D eigenvalue weighted by Crippen LogP contribution is 2.21. The Kier molecular flexibility index (Phi) is 5.78. The first-order valence-corrected chi connectivity index (χ1v) is 9.16. The van der Waals surface area contributed by atoms with Gasteiger partial charge in [-0.2, -0.15) is 13.2 Å². The van der Waals surface area contributed by atoms with E-state index in [1.165, 1.54) is 23.9 Å². The summed E-state index contributed by atoms with van der Waals surface area (Å²) in [4.78, 5) is 11.8. The number of hydrogen-bond acceptors (Lipinski definition) is 3. The quantitative estimate of drug-likeness (QED) is 0.677. The smallest absolute Gasteiger partial charge is 0.345 e. The third kappa shape index (κ3) is 5.05. The molecule has 1 aromatic heterocycles. The van der Waals surface area contributed by atoms with Crippen LogP contribution in [0.4, 0.5) is 23.2 Å². The van der Waals surface area contributed by atoms with Crippen molar-refractivity contribution in [1.82, 2.24) is 9.29 Å². The van der Waals surface area contributed by atoms with Crippen molar-refractivity contribution in [1.29, 1.82) is 0 Å². The summed E-state index contributed by atoms with van der Waals surface area (Å²) in [5, 5.41) is 2.44. The Hall–Kier alpha value is -1.92.